The maximum absolute atomic E-state index is 12.2. The first-order valence-electron chi connectivity index (χ1n) is 8.84. The highest BCUT2D eigenvalue weighted by atomic mass is 127. The SMILES string of the molecule is CC1CCCN(C(C)(C)CNC(=O)CNC(=O)c2ccccc2I)C1. The molecule has 0 saturated carbocycles. The Bertz CT molecular complexity index is 618. The number of amides is 2. The average Bonchev–Trinajstić information content (AvgIpc) is 2.58. The monoisotopic (exact) mass is 457 g/mol. The van der Waals surface area contributed by atoms with Gasteiger partial charge in [-0.3, -0.25) is 14.5 Å². The first kappa shape index (κ1) is 20.2. The zero-order chi connectivity index (χ0) is 18.4. The number of likely N-dealkylation sites (tertiary alicyclic amines) is 1. The van der Waals surface area contributed by atoms with Crippen molar-refractivity contribution in [2.45, 2.75) is 39.2 Å². The third kappa shape index (κ3) is 5.95. The molecule has 2 rings (SSSR count). The van der Waals surface area contributed by atoms with E-state index < -0.39 is 0 Å². The summed E-state index contributed by atoms with van der Waals surface area (Å²) < 4.78 is 0.873. The van der Waals surface area contributed by atoms with Crippen LogP contribution < -0.4 is 10.6 Å². The molecule has 1 fully saturated rings. The molecule has 0 bridgehead atoms. The van der Waals surface area contributed by atoms with E-state index in [1.54, 1.807) is 6.07 Å². The van der Waals surface area contributed by atoms with Gasteiger partial charge in [-0.25, -0.2) is 0 Å². The molecule has 6 heteroatoms. The van der Waals surface area contributed by atoms with E-state index in [2.05, 4.69) is 58.9 Å². The maximum Gasteiger partial charge on any atom is 0.252 e. The van der Waals surface area contributed by atoms with Crippen LogP contribution in [-0.4, -0.2) is 48.4 Å². The predicted molar refractivity (Wildman–Crippen MR) is 109 cm³/mol. The van der Waals surface area contributed by atoms with Gasteiger partial charge in [-0.2, -0.15) is 0 Å². The van der Waals surface area contributed by atoms with Crippen LogP contribution in [0.5, 0.6) is 0 Å². The number of halogens is 1. The molecule has 0 spiro atoms. The van der Waals surface area contributed by atoms with Crippen molar-refractivity contribution < 1.29 is 9.59 Å². The molecule has 2 N–H and O–H groups in total. The molecule has 1 aromatic rings. The number of nitrogens with one attached hydrogen (secondary N) is 2. The van der Waals surface area contributed by atoms with Gasteiger partial charge in [0, 0.05) is 22.2 Å². The van der Waals surface area contributed by atoms with Crippen LogP contribution in [0.2, 0.25) is 0 Å². The van der Waals surface area contributed by atoms with E-state index in [-0.39, 0.29) is 23.9 Å². The summed E-state index contributed by atoms with van der Waals surface area (Å²) in [5.41, 5.74) is 0.516. The smallest absolute Gasteiger partial charge is 0.252 e. The standard InChI is InChI=1S/C19H28IN3O2/c1-14-7-6-10-23(12-14)19(2,3)13-22-17(24)11-21-18(25)15-8-4-5-9-16(15)20/h4-5,8-9,14H,6-7,10-13H2,1-3H3,(H,21,25)(H,22,24). The number of rotatable bonds is 6. The average molecular weight is 457 g/mol. The Labute approximate surface area is 164 Å². The molecule has 5 nitrogen and oxygen atoms in total. The fourth-order valence-electron chi connectivity index (χ4n) is 3.13. The zero-order valence-corrected chi connectivity index (χ0v) is 17.4. The van der Waals surface area contributed by atoms with E-state index in [1.807, 2.05) is 18.2 Å². The van der Waals surface area contributed by atoms with Crippen molar-refractivity contribution in [3.63, 3.8) is 0 Å². The zero-order valence-electron chi connectivity index (χ0n) is 15.3. The Morgan fingerprint density at radius 2 is 2.00 bits per heavy atom. The summed E-state index contributed by atoms with van der Waals surface area (Å²) in [5, 5.41) is 5.65. The van der Waals surface area contributed by atoms with Gasteiger partial charge in [-0.05, 0) is 73.9 Å². The fraction of sp³-hybridized carbons (Fsp3) is 0.579. The number of hydrogen-bond donors (Lipinski definition) is 2. The van der Waals surface area contributed by atoms with Gasteiger partial charge in [0.05, 0.1) is 12.1 Å². The van der Waals surface area contributed by atoms with Gasteiger partial charge in [0.15, 0.2) is 0 Å². The van der Waals surface area contributed by atoms with Crippen molar-refractivity contribution in [1.82, 2.24) is 15.5 Å². The largest absolute Gasteiger partial charge is 0.353 e. The maximum atomic E-state index is 12.2. The lowest BCUT2D eigenvalue weighted by Gasteiger charge is -2.43. The number of benzene rings is 1. The summed E-state index contributed by atoms with van der Waals surface area (Å²) in [4.78, 5) is 26.7. The predicted octanol–water partition coefficient (Wildman–Crippen LogP) is 2.65. The highest BCUT2D eigenvalue weighted by Gasteiger charge is 2.30. The molecule has 1 saturated heterocycles. The highest BCUT2D eigenvalue weighted by molar-refractivity contribution is 14.1. The van der Waals surface area contributed by atoms with Gasteiger partial charge in [0.1, 0.15) is 0 Å². The molecule has 1 heterocycles. The number of hydrogen-bond acceptors (Lipinski definition) is 3. The van der Waals surface area contributed by atoms with E-state index in [4.69, 9.17) is 0 Å². The Kier molecular flexibility index (Phi) is 7.25. The molecule has 1 atom stereocenters. The highest BCUT2D eigenvalue weighted by Crippen LogP contribution is 2.23. The molecular weight excluding hydrogens is 429 g/mol. The number of carbonyl (C=O) groups is 2. The minimum absolute atomic E-state index is 0.00368. The minimum Gasteiger partial charge on any atom is -0.353 e. The van der Waals surface area contributed by atoms with E-state index in [0.717, 1.165) is 16.7 Å². The Morgan fingerprint density at radius 1 is 1.28 bits per heavy atom. The van der Waals surface area contributed by atoms with Gasteiger partial charge in [-0.15, -0.1) is 0 Å². The van der Waals surface area contributed by atoms with Crippen LogP contribution in [0.3, 0.4) is 0 Å². The van der Waals surface area contributed by atoms with Gasteiger partial charge < -0.3 is 10.6 Å². The fourth-order valence-corrected chi connectivity index (χ4v) is 3.76. The van der Waals surface area contributed by atoms with Crippen molar-refractivity contribution in [2.24, 2.45) is 5.92 Å². The van der Waals surface area contributed by atoms with Crippen molar-refractivity contribution in [1.29, 1.82) is 0 Å². The number of carbonyl (C=O) groups excluding carboxylic acids is 2. The van der Waals surface area contributed by atoms with Gasteiger partial charge >= 0.3 is 0 Å². The molecule has 0 aliphatic carbocycles. The van der Waals surface area contributed by atoms with Crippen LogP contribution in [0.4, 0.5) is 0 Å². The molecule has 1 aromatic carbocycles. The van der Waals surface area contributed by atoms with Crippen LogP contribution in [0.1, 0.15) is 44.0 Å². The minimum atomic E-state index is -0.218. The van der Waals surface area contributed by atoms with E-state index in [1.165, 1.54) is 12.8 Å². The van der Waals surface area contributed by atoms with E-state index in [0.29, 0.717) is 18.0 Å². The Balaban J connectivity index is 1.78. The molecule has 138 valence electrons. The van der Waals surface area contributed by atoms with Gasteiger partial charge in [-0.1, -0.05) is 19.1 Å². The second-order valence-corrected chi connectivity index (χ2v) is 8.61. The van der Waals surface area contributed by atoms with Crippen molar-refractivity contribution in [3.8, 4) is 0 Å². The van der Waals surface area contributed by atoms with Crippen molar-refractivity contribution in [3.05, 3.63) is 33.4 Å². The quantitative estimate of drug-likeness (QED) is 0.646. The van der Waals surface area contributed by atoms with Gasteiger partial charge in [0.25, 0.3) is 5.91 Å². The van der Waals surface area contributed by atoms with Crippen LogP contribution >= 0.6 is 22.6 Å². The molecule has 1 aliphatic heterocycles. The first-order valence-corrected chi connectivity index (χ1v) is 9.92. The summed E-state index contributed by atoms with van der Waals surface area (Å²) in [7, 11) is 0. The molecular formula is C19H28IN3O2. The topological polar surface area (TPSA) is 61.4 Å². The molecule has 25 heavy (non-hydrogen) atoms. The summed E-state index contributed by atoms with van der Waals surface area (Å²) in [6.07, 6.45) is 2.49. The molecule has 1 aliphatic rings. The second kappa shape index (κ2) is 8.98. The number of nitrogens with zero attached hydrogens (tertiary/aromatic N) is 1. The van der Waals surface area contributed by atoms with E-state index >= 15 is 0 Å². The van der Waals surface area contributed by atoms with Crippen LogP contribution in [-0.2, 0) is 4.79 Å². The molecule has 2 amide bonds. The Morgan fingerprint density at radius 3 is 2.68 bits per heavy atom. The summed E-state index contributed by atoms with van der Waals surface area (Å²) in [6.45, 7) is 9.34. The first-order chi connectivity index (χ1) is 11.8. The lowest BCUT2D eigenvalue weighted by Crippen LogP contribution is -2.55. The summed E-state index contributed by atoms with van der Waals surface area (Å²) in [6, 6.07) is 7.33. The molecule has 0 aromatic heterocycles. The van der Waals surface area contributed by atoms with E-state index in [9.17, 15) is 9.59 Å². The van der Waals surface area contributed by atoms with Crippen LogP contribution in [0.25, 0.3) is 0 Å². The lowest BCUT2D eigenvalue weighted by atomic mass is 9.93. The van der Waals surface area contributed by atoms with Crippen molar-refractivity contribution in [2.75, 3.05) is 26.2 Å². The number of piperidine rings is 1. The molecule has 1 unspecified atom stereocenters. The van der Waals surface area contributed by atoms with Crippen LogP contribution in [0.15, 0.2) is 24.3 Å². The second-order valence-electron chi connectivity index (χ2n) is 7.45. The lowest BCUT2D eigenvalue weighted by molar-refractivity contribution is -0.120. The van der Waals surface area contributed by atoms with Crippen molar-refractivity contribution >= 4 is 34.4 Å². The normalized spacial score (nSPS) is 18.6. The molecule has 0 radical (unpaired) electrons. The van der Waals surface area contributed by atoms with Gasteiger partial charge in [0.2, 0.25) is 5.91 Å². The third-order valence-corrected chi connectivity index (χ3v) is 5.70. The summed E-state index contributed by atoms with van der Waals surface area (Å²) >= 11 is 2.12. The summed E-state index contributed by atoms with van der Waals surface area (Å²) in [5.74, 6) is 0.332. The van der Waals surface area contributed by atoms with Crippen LogP contribution in [0, 0.1) is 9.49 Å². The Hall–Kier alpha value is -1.15. The third-order valence-electron chi connectivity index (χ3n) is 4.76.